The Morgan fingerprint density at radius 3 is 2.25 bits per heavy atom. The molecule has 5 rings (SSSR count). The van der Waals surface area contributed by atoms with Crippen molar-refractivity contribution in [1.29, 1.82) is 0 Å². The molecule has 36 heavy (non-hydrogen) atoms. The SMILES string of the molecule is Cc1cc(O)c2c(c1)[C@H]([C@@H]1O[C@H](OC(=O)c3ccccc3)[C@@H](O)[C@@H](O)[C@@H]1O)c1cccc(O)c1C2=O. The molecule has 0 amide bonds. The highest BCUT2D eigenvalue weighted by atomic mass is 16.7. The van der Waals surface area contributed by atoms with Crippen LogP contribution in [0.2, 0.25) is 0 Å². The van der Waals surface area contributed by atoms with E-state index in [1.165, 1.54) is 30.3 Å². The summed E-state index contributed by atoms with van der Waals surface area (Å²) in [7, 11) is 0. The lowest BCUT2D eigenvalue weighted by molar-refractivity contribution is -0.282. The number of fused-ring (bicyclic) bond motifs is 2. The van der Waals surface area contributed by atoms with Crippen LogP contribution in [0.1, 0.15) is 48.9 Å². The first-order valence-electron chi connectivity index (χ1n) is 11.3. The Bertz CT molecular complexity index is 1340. The summed E-state index contributed by atoms with van der Waals surface area (Å²) in [6.07, 6.45) is -8.18. The number of esters is 1. The minimum Gasteiger partial charge on any atom is -0.507 e. The van der Waals surface area contributed by atoms with Crippen LogP contribution in [0.15, 0.2) is 60.7 Å². The molecule has 0 unspecified atom stereocenters. The highest BCUT2D eigenvalue weighted by Gasteiger charge is 2.51. The molecule has 2 aliphatic rings. The normalized spacial score (nSPS) is 27.2. The second-order valence-corrected chi connectivity index (χ2v) is 9.01. The number of ketones is 1. The lowest BCUT2D eigenvalue weighted by atomic mass is 9.71. The van der Waals surface area contributed by atoms with Crippen molar-refractivity contribution >= 4 is 11.8 Å². The maximum Gasteiger partial charge on any atom is 0.340 e. The standard InChI is InChI=1S/C27H24O9/c1-12-10-15-18(14-8-5-9-16(28)19(14)21(30)20(15)17(29)11-12)25-23(32)22(31)24(33)27(35-25)36-26(34)13-6-3-2-4-7-13/h2-11,18,22-25,27-29,31-33H,1H3/t18-,22+,23+,24+,25+,27-/m1/s1. The van der Waals surface area contributed by atoms with E-state index in [1.54, 1.807) is 37.3 Å². The number of phenolic OH excluding ortho intramolecular Hbond substituents is 2. The number of hydrogen-bond acceptors (Lipinski definition) is 9. The van der Waals surface area contributed by atoms with Gasteiger partial charge in [-0.1, -0.05) is 36.4 Å². The van der Waals surface area contributed by atoms with Crippen LogP contribution in [0.4, 0.5) is 0 Å². The molecule has 0 saturated carbocycles. The maximum absolute atomic E-state index is 13.3. The monoisotopic (exact) mass is 492 g/mol. The molecule has 1 saturated heterocycles. The highest BCUT2D eigenvalue weighted by Crippen LogP contribution is 2.47. The van der Waals surface area contributed by atoms with Crippen LogP contribution in [0, 0.1) is 6.92 Å². The first-order valence-corrected chi connectivity index (χ1v) is 11.3. The van der Waals surface area contributed by atoms with E-state index in [0.29, 0.717) is 16.7 Å². The largest absolute Gasteiger partial charge is 0.507 e. The van der Waals surface area contributed by atoms with Crippen LogP contribution in [0.5, 0.6) is 11.5 Å². The molecule has 0 aromatic heterocycles. The summed E-state index contributed by atoms with van der Waals surface area (Å²) in [5.74, 6) is -3.03. The second-order valence-electron chi connectivity index (χ2n) is 9.01. The summed E-state index contributed by atoms with van der Waals surface area (Å²) < 4.78 is 11.3. The first kappa shape index (κ1) is 24.0. The molecule has 9 nitrogen and oxygen atoms in total. The predicted molar refractivity (Wildman–Crippen MR) is 125 cm³/mol. The third-order valence-electron chi connectivity index (χ3n) is 6.66. The molecule has 3 aromatic rings. The molecule has 0 bridgehead atoms. The van der Waals surface area contributed by atoms with Gasteiger partial charge in [0.1, 0.15) is 35.9 Å². The maximum atomic E-state index is 13.3. The molecule has 9 heteroatoms. The van der Waals surface area contributed by atoms with Gasteiger partial charge in [0.05, 0.1) is 16.7 Å². The molecule has 1 aliphatic heterocycles. The van der Waals surface area contributed by atoms with E-state index in [9.17, 15) is 35.1 Å². The Morgan fingerprint density at radius 2 is 1.53 bits per heavy atom. The molecule has 1 heterocycles. The van der Waals surface area contributed by atoms with E-state index < -0.39 is 48.4 Å². The van der Waals surface area contributed by atoms with Crippen LogP contribution in [-0.2, 0) is 9.47 Å². The number of hydrogen-bond donors (Lipinski definition) is 5. The molecule has 1 fully saturated rings. The lowest BCUT2D eigenvalue weighted by Gasteiger charge is -2.44. The summed E-state index contributed by atoms with van der Waals surface area (Å²) in [5, 5.41) is 53.3. The Kier molecular flexibility index (Phi) is 6.01. The number of aromatic hydroxyl groups is 2. The van der Waals surface area contributed by atoms with Crippen molar-refractivity contribution in [2.24, 2.45) is 0 Å². The fraction of sp³-hybridized carbons (Fsp3) is 0.259. The van der Waals surface area contributed by atoms with E-state index in [1.807, 2.05) is 0 Å². The Hall–Kier alpha value is -3.76. The number of carbonyl (C=O) groups excluding carboxylic acids is 2. The zero-order valence-electron chi connectivity index (χ0n) is 19.1. The summed E-state index contributed by atoms with van der Waals surface area (Å²) in [5.41, 5.74) is 1.24. The first-order chi connectivity index (χ1) is 17.2. The molecular formula is C27H24O9. The lowest BCUT2D eigenvalue weighted by Crippen LogP contribution is -2.60. The number of aryl methyl sites for hydroxylation is 1. The minimum atomic E-state index is -1.77. The van der Waals surface area contributed by atoms with Crippen molar-refractivity contribution in [3.05, 3.63) is 94.0 Å². The topological polar surface area (TPSA) is 154 Å². The van der Waals surface area contributed by atoms with Crippen LogP contribution in [-0.4, -0.2) is 68.0 Å². The fourth-order valence-corrected chi connectivity index (χ4v) is 4.99. The van der Waals surface area contributed by atoms with Gasteiger partial charge >= 0.3 is 5.97 Å². The summed E-state index contributed by atoms with van der Waals surface area (Å²) in [6.45, 7) is 1.71. The van der Waals surface area contributed by atoms with Crippen molar-refractivity contribution in [3.8, 4) is 11.5 Å². The van der Waals surface area contributed by atoms with Crippen LogP contribution < -0.4 is 0 Å². The average molecular weight is 492 g/mol. The van der Waals surface area contributed by atoms with Gasteiger partial charge in [0, 0.05) is 5.92 Å². The predicted octanol–water partition coefficient (Wildman–Crippen LogP) is 1.75. The van der Waals surface area contributed by atoms with Gasteiger partial charge in [-0.3, -0.25) is 4.79 Å². The molecule has 6 atom stereocenters. The molecule has 0 radical (unpaired) electrons. The molecule has 186 valence electrons. The fourth-order valence-electron chi connectivity index (χ4n) is 4.99. The smallest absolute Gasteiger partial charge is 0.340 e. The molecule has 5 N–H and O–H groups in total. The van der Waals surface area contributed by atoms with Crippen molar-refractivity contribution in [2.45, 2.75) is 43.5 Å². The van der Waals surface area contributed by atoms with Crippen molar-refractivity contribution in [2.75, 3.05) is 0 Å². The summed E-state index contributed by atoms with van der Waals surface area (Å²) in [6, 6.07) is 15.4. The Balaban J connectivity index is 1.60. The Morgan fingerprint density at radius 1 is 0.833 bits per heavy atom. The number of phenols is 2. The van der Waals surface area contributed by atoms with Crippen LogP contribution in [0.3, 0.4) is 0 Å². The number of aliphatic hydroxyl groups excluding tert-OH is 3. The quantitative estimate of drug-likeness (QED) is 0.344. The molecule has 3 aromatic carbocycles. The van der Waals surface area contributed by atoms with Gasteiger partial charge < -0.3 is 35.0 Å². The number of benzene rings is 3. The number of rotatable bonds is 3. The van der Waals surface area contributed by atoms with Gasteiger partial charge in [0.15, 0.2) is 0 Å². The average Bonchev–Trinajstić information content (AvgIpc) is 2.85. The highest BCUT2D eigenvalue weighted by molar-refractivity contribution is 6.16. The Labute approximate surface area is 205 Å². The molecule has 0 spiro atoms. The molecular weight excluding hydrogens is 468 g/mol. The van der Waals surface area contributed by atoms with Crippen LogP contribution >= 0.6 is 0 Å². The van der Waals surface area contributed by atoms with Gasteiger partial charge in [-0.05, 0) is 47.9 Å². The number of aliphatic hydroxyl groups is 3. The second kappa shape index (κ2) is 9.03. The van der Waals surface area contributed by atoms with E-state index in [4.69, 9.17) is 9.47 Å². The zero-order valence-corrected chi connectivity index (χ0v) is 19.1. The number of ether oxygens (including phenoxy) is 2. The van der Waals surface area contributed by atoms with E-state index >= 15 is 0 Å². The third-order valence-corrected chi connectivity index (χ3v) is 6.66. The van der Waals surface area contributed by atoms with Gasteiger partial charge in [-0.15, -0.1) is 0 Å². The summed E-state index contributed by atoms with van der Waals surface area (Å²) >= 11 is 0. The van der Waals surface area contributed by atoms with Crippen LogP contribution in [0.25, 0.3) is 0 Å². The van der Waals surface area contributed by atoms with Crippen molar-refractivity contribution < 1.29 is 44.6 Å². The van der Waals surface area contributed by atoms with Gasteiger partial charge in [0.25, 0.3) is 0 Å². The van der Waals surface area contributed by atoms with Gasteiger partial charge in [-0.2, -0.15) is 0 Å². The number of carbonyl (C=O) groups is 2. The van der Waals surface area contributed by atoms with E-state index in [-0.39, 0.29) is 28.2 Å². The third kappa shape index (κ3) is 3.82. The van der Waals surface area contributed by atoms with Crippen molar-refractivity contribution in [3.63, 3.8) is 0 Å². The van der Waals surface area contributed by atoms with Gasteiger partial charge in [0.2, 0.25) is 12.1 Å². The van der Waals surface area contributed by atoms with Crippen molar-refractivity contribution in [1.82, 2.24) is 0 Å². The van der Waals surface area contributed by atoms with Gasteiger partial charge in [-0.25, -0.2) is 4.79 Å². The zero-order chi connectivity index (χ0) is 25.7. The summed E-state index contributed by atoms with van der Waals surface area (Å²) in [4.78, 5) is 25.9. The van der Waals surface area contributed by atoms with E-state index in [0.717, 1.165) is 0 Å². The molecule has 1 aliphatic carbocycles. The minimum absolute atomic E-state index is 0.0751. The van der Waals surface area contributed by atoms with E-state index in [2.05, 4.69) is 0 Å².